The molecule has 0 aliphatic carbocycles. The maximum Gasteiger partial charge on any atom is 0.243 e. The number of methoxy groups -OCH3 is 1. The fraction of sp³-hybridized carbons (Fsp3) is 0.333. The summed E-state index contributed by atoms with van der Waals surface area (Å²) in [5.74, 6) is 1.40. The molecule has 35 heavy (non-hydrogen) atoms. The van der Waals surface area contributed by atoms with Crippen LogP contribution >= 0.6 is 0 Å². The molecule has 10 nitrogen and oxygen atoms in total. The molecule has 0 amide bonds. The van der Waals surface area contributed by atoms with Crippen molar-refractivity contribution in [1.29, 1.82) is 0 Å². The number of benzene rings is 2. The highest BCUT2D eigenvalue weighted by molar-refractivity contribution is 7.89. The molecule has 0 spiro atoms. The van der Waals surface area contributed by atoms with Crippen LogP contribution in [0.2, 0.25) is 0 Å². The van der Waals surface area contributed by atoms with E-state index >= 15 is 0 Å². The molecular weight excluding hydrogens is 466 g/mol. The van der Waals surface area contributed by atoms with E-state index in [2.05, 4.69) is 20.3 Å². The second kappa shape index (κ2) is 8.90. The minimum absolute atomic E-state index is 0.354. The average Bonchev–Trinajstić information content (AvgIpc) is 3.28. The second-order valence-corrected chi connectivity index (χ2v) is 10.6. The van der Waals surface area contributed by atoms with Crippen molar-refractivity contribution in [3.05, 3.63) is 59.4 Å². The van der Waals surface area contributed by atoms with Gasteiger partial charge in [0.05, 0.1) is 17.7 Å². The molecule has 0 bridgehead atoms. The molecule has 5 rings (SSSR count). The highest BCUT2D eigenvalue weighted by atomic mass is 32.2. The summed E-state index contributed by atoms with van der Waals surface area (Å²) < 4.78 is 35.3. The molecule has 1 aliphatic rings. The fourth-order valence-electron chi connectivity index (χ4n) is 4.71. The lowest BCUT2D eigenvalue weighted by Crippen LogP contribution is -2.49. The normalized spacial score (nSPS) is 15.0. The van der Waals surface area contributed by atoms with Crippen LogP contribution < -0.4 is 9.64 Å². The number of rotatable bonds is 5. The van der Waals surface area contributed by atoms with Crippen molar-refractivity contribution in [3.8, 4) is 11.4 Å². The molecule has 4 aromatic rings. The number of hydrogen-bond donors (Lipinski definition) is 0. The van der Waals surface area contributed by atoms with Gasteiger partial charge in [-0.3, -0.25) is 0 Å². The molecule has 0 radical (unpaired) electrons. The second-order valence-electron chi connectivity index (χ2n) is 8.69. The molecular formula is C24H27N7O3S. The molecule has 2 aromatic carbocycles. The monoisotopic (exact) mass is 493 g/mol. The lowest BCUT2D eigenvalue weighted by Gasteiger charge is -2.35. The predicted octanol–water partition coefficient (Wildman–Crippen LogP) is 2.66. The van der Waals surface area contributed by atoms with Gasteiger partial charge >= 0.3 is 0 Å². The number of aryl methyl sites for hydroxylation is 3. The van der Waals surface area contributed by atoms with Gasteiger partial charge in [0.15, 0.2) is 17.0 Å². The Labute approximate surface area is 204 Å². The molecule has 0 unspecified atom stereocenters. The topological polar surface area (TPSA) is 106 Å². The van der Waals surface area contributed by atoms with Gasteiger partial charge in [0.2, 0.25) is 10.0 Å². The summed E-state index contributed by atoms with van der Waals surface area (Å²) in [7, 11) is -1.98. The van der Waals surface area contributed by atoms with Crippen LogP contribution in [0.5, 0.6) is 5.75 Å². The molecule has 3 heterocycles. The first-order valence-electron chi connectivity index (χ1n) is 11.3. The number of anilines is 1. The molecule has 2 aromatic heterocycles. The van der Waals surface area contributed by atoms with Gasteiger partial charge in [-0.2, -0.15) is 8.99 Å². The van der Waals surface area contributed by atoms with Crippen LogP contribution in [0.4, 0.5) is 5.82 Å². The van der Waals surface area contributed by atoms with E-state index in [9.17, 15) is 8.42 Å². The van der Waals surface area contributed by atoms with Crippen LogP contribution in [0.15, 0.2) is 47.6 Å². The van der Waals surface area contributed by atoms with E-state index in [4.69, 9.17) is 4.74 Å². The number of nitrogens with zero attached hydrogens (tertiary/aromatic N) is 7. The first kappa shape index (κ1) is 23.2. The van der Waals surface area contributed by atoms with Gasteiger partial charge in [-0.15, -0.1) is 5.10 Å². The SMILES string of the molecule is COc1ccc(-n2nnc3c(N4CCN(S(=O)(=O)c5c(C)cc(C)cc5C)CC4)ncnc32)cc1. The third kappa shape index (κ3) is 4.10. The van der Waals surface area contributed by atoms with Gasteiger partial charge < -0.3 is 9.64 Å². The van der Waals surface area contributed by atoms with Crippen molar-refractivity contribution in [2.75, 3.05) is 38.2 Å². The predicted molar refractivity (Wildman–Crippen MR) is 133 cm³/mol. The van der Waals surface area contributed by atoms with E-state index in [0.717, 1.165) is 28.1 Å². The third-order valence-electron chi connectivity index (χ3n) is 6.28. The third-order valence-corrected chi connectivity index (χ3v) is 8.48. The minimum atomic E-state index is -3.59. The molecule has 182 valence electrons. The number of ether oxygens (including phenoxy) is 1. The number of fused-ring (bicyclic) bond motifs is 1. The maximum absolute atomic E-state index is 13.4. The first-order valence-corrected chi connectivity index (χ1v) is 12.8. The van der Waals surface area contributed by atoms with Crippen LogP contribution in [0, 0.1) is 20.8 Å². The molecule has 1 fully saturated rings. The highest BCUT2D eigenvalue weighted by Crippen LogP contribution is 2.28. The van der Waals surface area contributed by atoms with Crippen molar-refractivity contribution in [2.45, 2.75) is 25.7 Å². The Kier molecular flexibility index (Phi) is 5.89. The van der Waals surface area contributed by atoms with Crippen molar-refractivity contribution < 1.29 is 13.2 Å². The Morgan fingerprint density at radius 3 is 2.20 bits per heavy atom. The van der Waals surface area contributed by atoms with E-state index in [-0.39, 0.29) is 0 Å². The van der Waals surface area contributed by atoms with Gasteiger partial charge in [-0.1, -0.05) is 22.9 Å². The van der Waals surface area contributed by atoms with Gasteiger partial charge in [-0.25, -0.2) is 18.4 Å². The lowest BCUT2D eigenvalue weighted by atomic mass is 10.1. The Morgan fingerprint density at radius 2 is 1.57 bits per heavy atom. The Hall–Kier alpha value is -3.57. The number of sulfonamides is 1. The number of hydrogen-bond acceptors (Lipinski definition) is 8. The summed E-state index contributed by atoms with van der Waals surface area (Å²) in [4.78, 5) is 11.3. The maximum atomic E-state index is 13.4. The quantitative estimate of drug-likeness (QED) is 0.418. The van der Waals surface area contributed by atoms with E-state index in [1.54, 1.807) is 16.1 Å². The molecule has 0 N–H and O–H groups in total. The van der Waals surface area contributed by atoms with E-state index in [1.165, 1.54) is 6.33 Å². The van der Waals surface area contributed by atoms with Crippen LogP contribution in [-0.2, 0) is 10.0 Å². The van der Waals surface area contributed by atoms with Gasteiger partial charge in [0, 0.05) is 26.2 Å². The number of piperazine rings is 1. The first-order chi connectivity index (χ1) is 16.8. The van der Waals surface area contributed by atoms with Gasteiger partial charge in [0.1, 0.15) is 12.1 Å². The molecule has 0 atom stereocenters. The van der Waals surface area contributed by atoms with Crippen molar-refractivity contribution >= 4 is 27.0 Å². The summed E-state index contributed by atoms with van der Waals surface area (Å²) in [6.45, 7) is 7.37. The summed E-state index contributed by atoms with van der Waals surface area (Å²) >= 11 is 0. The minimum Gasteiger partial charge on any atom is -0.497 e. The van der Waals surface area contributed by atoms with Gasteiger partial charge in [0.25, 0.3) is 0 Å². The molecule has 0 saturated carbocycles. The lowest BCUT2D eigenvalue weighted by molar-refractivity contribution is 0.383. The Morgan fingerprint density at radius 1 is 0.914 bits per heavy atom. The zero-order valence-corrected chi connectivity index (χ0v) is 20.9. The standard InChI is InChI=1S/C24H27N7O3S/c1-16-13-17(2)22(18(3)14-16)35(32,33)30-11-9-29(10-12-30)23-21-24(26-15-25-23)31(28-27-21)19-5-7-20(34-4)8-6-19/h5-8,13-15H,9-12H2,1-4H3. The summed E-state index contributed by atoms with van der Waals surface area (Å²) in [6, 6.07) is 11.3. The van der Waals surface area contributed by atoms with E-state index in [1.807, 2.05) is 62.1 Å². The summed E-state index contributed by atoms with van der Waals surface area (Å²) in [5.41, 5.74) is 4.57. The Bertz CT molecular complexity index is 1470. The van der Waals surface area contributed by atoms with Crippen LogP contribution in [0.1, 0.15) is 16.7 Å². The molecule has 1 saturated heterocycles. The average molecular weight is 494 g/mol. The zero-order valence-electron chi connectivity index (χ0n) is 20.1. The van der Waals surface area contributed by atoms with E-state index < -0.39 is 10.0 Å². The largest absolute Gasteiger partial charge is 0.497 e. The van der Waals surface area contributed by atoms with E-state index in [0.29, 0.717) is 48.1 Å². The van der Waals surface area contributed by atoms with Crippen molar-refractivity contribution in [3.63, 3.8) is 0 Å². The van der Waals surface area contributed by atoms with Crippen LogP contribution in [-0.4, -0.2) is 71.0 Å². The van der Waals surface area contributed by atoms with Crippen molar-refractivity contribution in [1.82, 2.24) is 29.3 Å². The smallest absolute Gasteiger partial charge is 0.243 e. The highest BCUT2D eigenvalue weighted by Gasteiger charge is 2.32. The van der Waals surface area contributed by atoms with Crippen LogP contribution in [0.3, 0.4) is 0 Å². The van der Waals surface area contributed by atoms with Crippen LogP contribution in [0.25, 0.3) is 16.9 Å². The summed E-state index contributed by atoms with van der Waals surface area (Å²) in [5, 5.41) is 8.63. The zero-order chi connectivity index (χ0) is 24.7. The molecule has 11 heteroatoms. The Balaban J connectivity index is 1.39. The fourth-order valence-corrected chi connectivity index (χ4v) is 6.54. The van der Waals surface area contributed by atoms with Gasteiger partial charge in [-0.05, 0) is 56.2 Å². The molecule has 1 aliphatic heterocycles. The van der Waals surface area contributed by atoms with Crippen molar-refractivity contribution in [2.24, 2.45) is 0 Å². The number of aromatic nitrogens is 5. The summed E-state index contributed by atoms with van der Waals surface area (Å²) in [6.07, 6.45) is 1.49.